The Hall–Kier alpha value is -0.300. The van der Waals surface area contributed by atoms with Gasteiger partial charge >= 0.3 is 0 Å². The zero-order chi connectivity index (χ0) is 4.99. The Bertz CT molecular complexity index is 71.6. The molecule has 0 aliphatic heterocycles. The van der Waals surface area contributed by atoms with E-state index in [1.54, 1.807) is 0 Å². The molecular weight excluding hydrogens is 102 g/mol. The van der Waals surface area contributed by atoms with Crippen LogP contribution in [0.5, 0.6) is 0 Å². The first-order chi connectivity index (χ1) is 2.77. The van der Waals surface area contributed by atoms with Gasteiger partial charge in [-0.1, -0.05) is 24.3 Å². The predicted octanol–water partition coefficient (Wildman–Crippen LogP) is 2.22. The van der Waals surface area contributed by atoms with Gasteiger partial charge in [0, 0.05) is 0 Å². The molecular formula is C4H4ClF. The van der Waals surface area contributed by atoms with Gasteiger partial charge in [-0.2, -0.15) is 4.39 Å². The van der Waals surface area contributed by atoms with E-state index in [0.717, 1.165) is 6.08 Å². The van der Waals surface area contributed by atoms with Crippen LogP contribution in [0.15, 0.2) is 24.0 Å². The van der Waals surface area contributed by atoms with Crippen LogP contribution >= 0.6 is 11.6 Å². The topological polar surface area (TPSA) is 0 Å². The number of rotatable bonds is 1. The van der Waals surface area contributed by atoms with Gasteiger partial charge in [-0.3, -0.25) is 0 Å². The Balaban J connectivity index is 3.41. The third-order valence-electron chi connectivity index (χ3n) is 0.244. The predicted molar refractivity (Wildman–Crippen MR) is 25.2 cm³/mol. The molecule has 0 N–H and O–H groups in total. The van der Waals surface area contributed by atoms with E-state index in [-0.39, 0.29) is 0 Å². The number of hydrogen-bond donors (Lipinski definition) is 0. The van der Waals surface area contributed by atoms with Crippen molar-refractivity contribution >= 4 is 11.6 Å². The Labute approximate surface area is 40.9 Å². The molecule has 34 valence electrons. The van der Waals surface area contributed by atoms with E-state index >= 15 is 0 Å². The molecule has 0 aromatic carbocycles. The van der Waals surface area contributed by atoms with Crippen LogP contribution in [0.2, 0.25) is 0 Å². The van der Waals surface area contributed by atoms with E-state index in [0.29, 0.717) is 0 Å². The summed E-state index contributed by atoms with van der Waals surface area (Å²) in [6, 6.07) is 0. The number of allylic oxidation sites excluding steroid dienone is 2. The fourth-order valence-corrected chi connectivity index (χ4v) is 0.178. The van der Waals surface area contributed by atoms with Gasteiger partial charge in [-0.25, -0.2) is 0 Å². The van der Waals surface area contributed by atoms with Crippen molar-refractivity contribution in [3.05, 3.63) is 24.0 Å². The van der Waals surface area contributed by atoms with Crippen LogP contribution < -0.4 is 0 Å². The van der Waals surface area contributed by atoms with Gasteiger partial charge in [0.2, 0.25) is 0 Å². The second-order valence-electron chi connectivity index (χ2n) is 0.692. The third-order valence-corrected chi connectivity index (χ3v) is 0.370. The summed E-state index contributed by atoms with van der Waals surface area (Å²) in [6.07, 6.45) is 2.35. The fraction of sp³-hybridized carbons (Fsp3) is 0. The lowest BCUT2D eigenvalue weighted by Gasteiger charge is -1.67. The SMILES string of the molecule is C=CC=C(F)Cl. The van der Waals surface area contributed by atoms with Crippen molar-refractivity contribution in [2.75, 3.05) is 0 Å². The molecule has 0 nitrogen and oxygen atoms in total. The van der Waals surface area contributed by atoms with Crippen molar-refractivity contribution in [1.29, 1.82) is 0 Å². The van der Waals surface area contributed by atoms with Crippen molar-refractivity contribution < 1.29 is 4.39 Å². The van der Waals surface area contributed by atoms with E-state index in [1.807, 2.05) is 0 Å². The summed E-state index contributed by atoms with van der Waals surface area (Å²) < 4.78 is 11.3. The second kappa shape index (κ2) is 2.91. The maximum absolute atomic E-state index is 11.3. The van der Waals surface area contributed by atoms with Crippen LogP contribution in [-0.2, 0) is 0 Å². The third kappa shape index (κ3) is 3.70. The molecule has 0 unspecified atom stereocenters. The summed E-state index contributed by atoms with van der Waals surface area (Å²) in [7, 11) is 0. The van der Waals surface area contributed by atoms with Gasteiger partial charge in [0.05, 0.1) is 0 Å². The largest absolute Gasteiger partial charge is 0.194 e. The van der Waals surface area contributed by atoms with Gasteiger partial charge in [0.15, 0.2) is 5.29 Å². The van der Waals surface area contributed by atoms with Gasteiger partial charge in [0.25, 0.3) is 0 Å². The summed E-state index contributed by atoms with van der Waals surface area (Å²) in [4.78, 5) is 0. The molecule has 0 atom stereocenters. The van der Waals surface area contributed by atoms with Crippen molar-refractivity contribution in [2.24, 2.45) is 0 Å². The second-order valence-corrected chi connectivity index (χ2v) is 1.05. The minimum absolute atomic E-state index is 0.731. The minimum atomic E-state index is -0.731. The van der Waals surface area contributed by atoms with E-state index in [4.69, 9.17) is 11.6 Å². The lowest BCUT2D eigenvalue weighted by Crippen LogP contribution is -1.45. The molecule has 0 aromatic rings. The van der Waals surface area contributed by atoms with Crippen molar-refractivity contribution in [3.63, 3.8) is 0 Å². The van der Waals surface area contributed by atoms with Crippen LogP contribution in [0.4, 0.5) is 4.39 Å². The first-order valence-corrected chi connectivity index (χ1v) is 1.79. The summed E-state index contributed by atoms with van der Waals surface area (Å²) in [6.45, 7) is 3.20. The quantitative estimate of drug-likeness (QED) is 0.450. The van der Waals surface area contributed by atoms with Crippen molar-refractivity contribution in [2.45, 2.75) is 0 Å². The van der Waals surface area contributed by atoms with E-state index in [1.165, 1.54) is 6.08 Å². The first kappa shape index (κ1) is 5.70. The zero-order valence-corrected chi connectivity index (χ0v) is 3.87. The van der Waals surface area contributed by atoms with Crippen molar-refractivity contribution in [3.8, 4) is 0 Å². The average Bonchev–Trinajstić information content (AvgIpc) is 1.35. The molecule has 0 rings (SSSR count). The first-order valence-electron chi connectivity index (χ1n) is 1.41. The maximum Gasteiger partial charge on any atom is 0.189 e. The Morgan fingerprint density at radius 1 is 1.83 bits per heavy atom. The lowest BCUT2D eigenvalue weighted by atomic mass is 10.6. The molecule has 0 saturated carbocycles. The standard InChI is InChI=1S/C4H4ClF/c1-2-3-4(5)6/h2-3H,1H2. The number of hydrogen-bond acceptors (Lipinski definition) is 0. The summed E-state index contributed by atoms with van der Waals surface area (Å²) in [5.41, 5.74) is 0. The lowest BCUT2D eigenvalue weighted by molar-refractivity contribution is 0.695. The zero-order valence-electron chi connectivity index (χ0n) is 3.12. The monoisotopic (exact) mass is 106 g/mol. The molecule has 0 aliphatic rings. The van der Waals surface area contributed by atoms with Gasteiger partial charge in [-0.05, 0) is 6.08 Å². The highest BCUT2D eigenvalue weighted by Crippen LogP contribution is 1.99. The normalized spacial score (nSPS) is 11.3. The Morgan fingerprint density at radius 3 is 2.33 bits per heavy atom. The molecule has 0 bridgehead atoms. The van der Waals surface area contributed by atoms with Gasteiger partial charge in [-0.15, -0.1) is 0 Å². The fourth-order valence-electron chi connectivity index (χ4n) is 0.0891. The van der Waals surface area contributed by atoms with Crippen LogP contribution in [-0.4, -0.2) is 0 Å². The van der Waals surface area contributed by atoms with Crippen LogP contribution in [0.1, 0.15) is 0 Å². The molecule has 0 heterocycles. The molecule has 2 heteroatoms. The molecule has 0 radical (unpaired) electrons. The van der Waals surface area contributed by atoms with E-state index < -0.39 is 5.29 Å². The molecule has 0 amide bonds. The minimum Gasteiger partial charge on any atom is -0.194 e. The van der Waals surface area contributed by atoms with E-state index in [9.17, 15) is 4.39 Å². The van der Waals surface area contributed by atoms with Gasteiger partial charge in [0.1, 0.15) is 0 Å². The van der Waals surface area contributed by atoms with Crippen LogP contribution in [0.3, 0.4) is 0 Å². The molecule has 0 saturated heterocycles. The van der Waals surface area contributed by atoms with Gasteiger partial charge < -0.3 is 0 Å². The summed E-state index contributed by atoms with van der Waals surface area (Å²) in [5, 5.41) is -0.731. The molecule has 6 heavy (non-hydrogen) atoms. The highest BCUT2D eigenvalue weighted by atomic mass is 35.5. The van der Waals surface area contributed by atoms with Crippen molar-refractivity contribution in [1.82, 2.24) is 0 Å². The molecule has 0 aromatic heterocycles. The molecule has 0 fully saturated rings. The van der Waals surface area contributed by atoms with Crippen LogP contribution in [0.25, 0.3) is 0 Å². The maximum atomic E-state index is 11.3. The smallest absolute Gasteiger partial charge is 0.189 e. The number of halogens is 2. The Morgan fingerprint density at radius 2 is 2.33 bits per heavy atom. The van der Waals surface area contributed by atoms with E-state index in [2.05, 4.69) is 6.58 Å². The summed E-state index contributed by atoms with van der Waals surface area (Å²) >= 11 is 4.70. The summed E-state index contributed by atoms with van der Waals surface area (Å²) in [5.74, 6) is 0. The molecule has 0 aliphatic carbocycles. The highest BCUT2D eigenvalue weighted by molar-refractivity contribution is 6.28. The highest BCUT2D eigenvalue weighted by Gasteiger charge is 1.73. The average molecular weight is 107 g/mol. The Kier molecular flexibility index (Phi) is 2.77. The molecule has 0 spiro atoms. The van der Waals surface area contributed by atoms with Crippen LogP contribution in [0, 0.1) is 0 Å².